The third kappa shape index (κ3) is 7.38. The van der Waals surface area contributed by atoms with Crippen molar-refractivity contribution >= 4 is 35.0 Å². The summed E-state index contributed by atoms with van der Waals surface area (Å²) < 4.78 is 0. The highest BCUT2D eigenvalue weighted by Gasteiger charge is 2.39. The first-order chi connectivity index (χ1) is 16.8. The van der Waals surface area contributed by atoms with Gasteiger partial charge in [0.2, 0.25) is 11.8 Å². The number of nitrogens with zero attached hydrogens (tertiary/aromatic N) is 2. The van der Waals surface area contributed by atoms with Gasteiger partial charge in [-0.1, -0.05) is 19.3 Å². The molecule has 1 aliphatic carbocycles. The molecule has 1 unspecified atom stereocenters. The molecular weight excluding hydrogens is 468 g/mol. The van der Waals surface area contributed by atoms with E-state index in [-0.39, 0.29) is 41.5 Å². The SMILES string of the molecule is CNC(=O)C(CCCCNC(=N)N)NC(=O)c1csc([C@@H]2C[C@@H](N)CN2C(=O)C2CCCCC2)n1. The van der Waals surface area contributed by atoms with Crippen LogP contribution in [0.25, 0.3) is 0 Å². The number of rotatable bonds is 10. The molecule has 8 N–H and O–H groups in total. The predicted molar refractivity (Wildman–Crippen MR) is 135 cm³/mol. The van der Waals surface area contributed by atoms with Crippen LogP contribution in [0.15, 0.2) is 5.38 Å². The molecule has 12 heteroatoms. The highest BCUT2D eigenvalue weighted by molar-refractivity contribution is 7.09. The summed E-state index contributed by atoms with van der Waals surface area (Å²) in [5.74, 6) is -0.585. The Morgan fingerprint density at radius 2 is 2.00 bits per heavy atom. The molecule has 1 saturated heterocycles. The zero-order valence-corrected chi connectivity index (χ0v) is 21.2. The number of carbonyl (C=O) groups excluding carboxylic acids is 3. The molecule has 1 saturated carbocycles. The van der Waals surface area contributed by atoms with Crippen molar-refractivity contribution < 1.29 is 14.4 Å². The van der Waals surface area contributed by atoms with E-state index in [1.807, 2.05) is 4.90 Å². The van der Waals surface area contributed by atoms with E-state index in [2.05, 4.69) is 20.9 Å². The second kappa shape index (κ2) is 12.8. The van der Waals surface area contributed by atoms with E-state index in [9.17, 15) is 14.4 Å². The Bertz CT molecular complexity index is 901. The van der Waals surface area contributed by atoms with E-state index in [4.69, 9.17) is 16.9 Å². The maximum absolute atomic E-state index is 13.2. The number of unbranched alkanes of at least 4 members (excludes halogenated alkanes) is 1. The molecule has 1 aromatic rings. The van der Waals surface area contributed by atoms with E-state index in [0.717, 1.165) is 25.7 Å². The van der Waals surface area contributed by atoms with Crippen LogP contribution in [0.4, 0.5) is 0 Å². The standard InChI is InChI=1S/C23H38N8O3S/c1-27-19(32)16(9-5-6-10-28-23(25)26)29-20(33)17-13-35-21(30-17)18-11-15(24)12-31(18)22(34)14-7-3-2-4-8-14/h13-16,18H,2-12,24H2,1H3,(H,27,32)(H,29,33)(H4,25,26,28)/t15-,16?,18+/m1/s1. The average molecular weight is 507 g/mol. The molecule has 1 aliphatic heterocycles. The zero-order chi connectivity index (χ0) is 25.4. The number of thiazole rings is 1. The Hall–Kier alpha value is -2.73. The van der Waals surface area contributed by atoms with Crippen molar-refractivity contribution in [1.29, 1.82) is 5.41 Å². The van der Waals surface area contributed by atoms with Crippen LogP contribution in [0.1, 0.15) is 79.3 Å². The van der Waals surface area contributed by atoms with Crippen molar-refractivity contribution in [2.75, 3.05) is 20.1 Å². The maximum Gasteiger partial charge on any atom is 0.271 e. The van der Waals surface area contributed by atoms with Crippen LogP contribution in [-0.4, -0.2) is 65.8 Å². The van der Waals surface area contributed by atoms with E-state index in [1.54, 1.807) is 5.38 Å². The number of likely N-dealkylation sites (tertiary alicyclic amines) is 1. The van der Waals surface area contributed by atoms with Gasteiger partial charge in [-0.15, -0.1) is 11.3 Å². The van der Waals surface area contributed by atoms with Crippen molar-refractivity contribution in [1.82, 2.24) is 25.8 Å². The molecule has 3 amide bonds. The molecule has 194 valence electrons. The van der Waals surface area contributed by atoms with E-state index >= 15 is 0 Å². The number of hydrogen-bond acceptors (Lipinski definition) is 7. The summed E-state index contributed by atoms with van der Waals surface area (Å²) in [6.45, 7) is 1.04. The van der Waals surface area contributed by atoms with Gasteiger partial charge in [-0.05, 0) is 38.5 Å². The second-order valence-corrected chi connectivity index (χ2v) is 10.3. The van der Waals surface area contributed by atoms with Gasteiger partial charge in [0.05, 0.1) is 6.04 Å². The number of carbonyl (C=O) groups is 3. The third-order valence-electron chi connectivity index (χ3n) is 6.71. The lowest BCUT2D eigenvalue weighted by Crippen LogP contribution is -2.45. The summed E-state index contributed by atoms with van der Waals surface area (Å²) in [5.41, 5.74) is 11.7. The molecule has 1 aromatic heterocycles. The van der Waals surface area contributed by atoms with Crippen LogP contribution in [0.2, 0.25) is 0 Å². The number of nitrogens with two attached hydrogens (primary N) is 2. The molecule has 2 fully saturated rings. The monoisotopic (exact) mass is 506 g/mol. The van der Waals surface area contributed by atoms with Gasteiger partial charge in [0.25, 0.3) is 5.91 Å². The van der Waals surface area contributed by atoms with Gasteiger partial charge in [0.1, 0.15) is 16.7 Å². The lowest BCUT2D eigenvalue weighted by atomic mass is 9.88. The molecule has 0 radical (unpaired) electrons. The minimum Gasteiger partial charge on any atom is -0.370 e. The van der Waals surface area contributed by atoms with Gasteiger partial charge in [-0.3, -0.25) is 19.8 Å². The summed E-state index contributed by atoms with van der Waals surface area (Å²) in [5, 5.41) is 17.6. The number of aromatic nitrogens is 1. The smallest absolute Gasteiger partial charge is 0.271 e. The Labute approximate surface area is 210 Å². The summed E-state index contributed by atoms with van der Waals surface area (Å²) in [6.07, 6.45) is 7.65. The largest absolute Gasteiger partial charge is 0.370 e. The van der Waals surface area contributed by atoms with Gasteiger partial charge in [-0.25, -0.2) is 4.98 Å². The van der Waals surface area contributed by atoms with Gasteiger partial charge < -0.3 is 32.3 Å². The first kappa shape index (κ1) is 26.9. The maximum atomic E-state index is 13.2. The fraction of sp³-hybridized carbons (Fsp3) is 0.696. The number of hydrogen-bond donors (Lipinski definition) is 6. The van der Waals surface area contributed by atoms with E-state index in [0.29, 0.717) is 43.8 Å². The molecule has 35 heavy (non-hydrogen) atoms. The minimum absolute atomic E-state index is 0.0539. The molecule has 11 nitrogen and oxygen atoms in total. The van der Waals surface area contributed by atoms with E-state index in [1.165, 1.54) is 24.8 Å². The minimum atomic E-state index is -0.695. The summed E-state index contributed by atoms with van der Waals surface area (Å²) in [7, 11) is 1.53. The first-order valence-corrected chi connectivity index (χ1v) is 13.3. The first-order valence-electron chi connectivity index (χ1n) is 12.4. The Balaban J connectivity index is 1.61. The average Bonchev–Trinajstić information content (AvgIpc) is 3.49. The number of amides is 3. The fourth-order valence-corrected chi connectivity index (χ4v) is 5.77. The van der Waals surface area contributed by atoms with Crippen LogP contribution in [0.3, 0.4) is 0 Å². The predicted octanol–water partition coefficient (Wildman–Crippen LogP) is 0.822. The van der Waals surface area contributed by atoms with Crippen molar-refractivity contribution in [3.8, 4) is 0 Å². The van der Waals surface area contributed by atoms with Crippen molar-refractivity contribution in [3.05, 3.63) is 16.1 Å². The topological polar surface area (TPSA) is 179 Å². The molecule has 3 atom stereocenters. The quantitative estimate of drug-likeness (QED) is 0.154. The van der Waals surface area contributed by atoms with Crippen molar-refractivity contribution in [2.24, 2.45) is 17.4 Å². The van der Waals surface area contributed by atoms with Gasteiger partial charge in [0, 0.05) is 37.5 Å². The Kier molecular flexibility index (Phi) is 9.84. The van der Waals surface area contributed by atoms with Crippen molar-refractivity contribution in [3.63, 3.8) is 0 Å². The number of nitrogens with one attached hydrogen (secondary N) is 4. The Morgan fingerprint density at radius 3 is 2.69 bits per heavy atom. The molecule has 2 heterocycles. The van der Waals surface area contributed by atoms with Crippen LogP contribution in [0, 0.1) is 11.3 Å². The van der Waals surface area contributed by atoms with Crippen LogP contribution in [-0.2, 0) is 9.59 Å². The summed E-state index contributed by atoms with van der Waals surface area (Å²) in [4.78, 5) is 44.8. The zero-order valence-electron chi connectivity index (χ0n) is 20.3. The highest BCUT2D eigenvalue weighted by Crippen LogP contribution is 2.36. The normalized spacial score (nSPS) is 21.4. The molecule has 0 spiro atoms. The molecule has 3 rings (SSSR count). The molecule has 0 bridgehead atoms. The van der Waals surface area contributed by atoms with Gasteiger partial charge >= 0.3 is 0 Å². The van der Waals surface area contributed by atoms with Crippen LogP contribution in [0.5, 0.6) is 0 Å². The molecular formula is C23H38N8O3S. The number of guanidine groups is 1. The lowest BCUT2D eigenvalue weighted by Gasteiger charge is -2.29. The van der Waals surface area contributed by atoms with Gasteiger partial charge in [0.15, 0.2) is 5.96 Å². The lowest BCUT2D eigenvalue weighted by molar-refractivity contribution is -0.137. The van der Waals surface area contributed by atoms with Crippen molar-refractivity contribution in [2.45, 2.75) is 75.9 Å². The highest BCUT2D eigenvalue weighted by atomic mass is 32.1. The molecule has 0 aromatic carbocycles. The number of likely N-dealkylation sites (N-methyl/N-ethyl adjacent to an activating group) is 1. The summed E-state index contributed by atoms with van der Waals surface area (Å²) >= 11 is 1.35. The van der Waals surface area contributed by atoms with Crippen LogP contribution >= 0.6 is 11.3 Å². The van der Waals surface area contributed by atoms with E-state index < -0.39 is 11.9 Å². The third-order valence-corrected chi connectivity index (χ3v) is 7.66. The van der Waals surface area contributed by atoms with Gasteiger partial charge in [-0.2, -0.15) is 0 Å². The second-order valence-electron chi connectivity index (χ2n) is 9.38. The van der Waals surface area contributed by atoms with Crippen LogP contribution < -0.4 is 27.4 Å². The summed E-state index contributed by atoms with van der Waals surface area (Å²) in [6, 6.07) is -1.02. The Morgan fingerprint density at radius 1 is 1.26 bits per heavy atom. The fourth-order valence-electron chi connectivity index (χ4n) is 4.85. The molecule has 2 aliphatic rings.